The number of nitrogens with zero attached hydrogens (tertiary/aromatic N) is 3. The molecule has 0 saturated carbocycles. The first kappa shape index (κ1) is 20.2. The van der Waals surface area contributed by atoms with Crippen LogP contribution in [0.5, 0.6) is 0 Å². The van der Waals surface area contributed by atoms with Crippen LogP contribution in [0.1, 0.15) is 36.6 Å². The van der Waals surface area contributed by atoms with Crippen molar-refractivity contribution in [3.05, 3.63) is 23.3 Å². The molecular formula is C20H27F2N5O2. The van der Waals surface area contributed by atoms with Crippen molar-refractivity contribution in [1.82, 2.24) is 20.5 Å². The van der Waals surface area contributed by atoms with E-state index in [4.69, 9.17) is 0 Å². The number of carbonyl (C=O) groups excluding carboxylic acids is 2. The molecule has 3 atom stereocenters. The zero-order chi connectivity index (χ0) is 20.5. The number of carbonyl (C=O) groups is 2. The Morgan fingerprint density at radius 2 is 1.93 bits per heavy atom. The molecule has 0 spiro atoms. The van der Waals surface area contributed by atoms with Crippen LogP contribution < -0.4 is 15.5 Å². The summed E-state index contributed by atoms with van der Waals surface area (Å²) in [6, 6.07) is 1.26. The minimum Gasteiger partial charge on any atom is -0.367 e. The maximum absolute atomic E-state index is 15.0. The summed E-state index contributed by atoms with van der Waals surface area (Å²) in [4.78, 5) is 31.8. The molecule has 2 N–H and O–H groups in total. The molecule has 3 aliphatic heterocycles. The smallest absolute Gasteiger partial charge is 0.235 e. The Balaban J connectivity index is 1.49. The quantitative estimate of drug-likeness (QED) is 0.725. The Hall–Kier alpha value is -2.13. The van der Waals surface area contributed by atoms with Crippen LogP contribution in [0.3, 0.4) is 0 Å². The summed E-state index contributed by atoms with van der Waals surface area (Å²) in [5, 5.41) is 5.52. The Morgan fingerprint density at radius 1 is 1.17 bits per heavy atom. The highest BCUT2D eigenvalue weighted by Crippen LogP contribution is 2.32. The molecule has 1 aromatic rings. The number of imide groups is 1. The van der Waals surface area contributed by atoms with Crippen LogP contribution in [0.2, 0.25) is 0 Å². The number of piperidine rings is 2. The summed E-state index contributed by atoms with van der Waals surface area (Å²) in [6.45, 7) is 6.04. The molecule has 4 heterocycles. The molecule has 9 heteroatoms. The van der Waals surface area contributed by atoms with Gasteiger partial charge in [-0.05, 0) is 19.8 Å². The third kappa shape index (κ3) is 4.11. The number of anilines is 1. The molecular weight excluding hydrogens is 380 g/mol. The molecule has 0 bridgehead atoms. The zero-order valence-corrected chi connectivity index (χ0v) is 16.6. The number of aryl methyl sites for hydroxylation is 1. The Labute approximate surface area is 168 Å². The number of rotatable bonds is 3. The maximum Gasteiger partial charge on any atom is 0.235 e. The molecule has 0 radical (unpaired) electrons. The van der Waals surface area contributed by atoms with E-state index in [1.54, 1.807) is 6.92 Å². The number of pyridine rings is 1. The van der Waals surface area contributed by atoms with E-state index >= 15 is 0 Å². The van der Waals surface area contributed by atoms with Crippen LogP contribution in [-0.2, 0) is 9.59 Å². The monoisotopic (exact) mass is 407 g/mol. The highest BCUT2D eigenvalue weighted by molar-refractivity contribution is 6.00. The average molecular weight is 407 g/mol. The first-order valence-electron chi connectivity index (χ1n) is 10.3. The molecule has 3 saturated heterocycles. The second-order valence-corrected chi connectivity index (χ2v) is 8.07. The number of hydrogen-bond donors (Lipinski definition) is 2. The molecule has 1 unspecified atom stereocenters. The van der Waals surface area contributed by atoms with Crippen molar-refractivity contribution in [2.75, 3.05) is 44.2 Å². The Kier molecular flexibility index (Phi) is 5.78. The summed E-state index contributed by atoms with van der Waals surface area (Å²) < 4.78 is 29.8. The Bertz CT molecular complexity index is 799. The van der Waals surface area contributed by atoms with Crippen molar-refractivity contribution in [3.8, 4) is 0 Å². The molecule has 2 amide bonds. The van der Waals surface area contributed by atoms with Gasteiger partial charge >= 0.3 is 0 Å². The van der Waals surface area contributed by atoms with Gasteiger partial charge in [0.2, 0.25) is 11.8 Å². The third-order valence-corrected chi connectivity index (χ3v) is 6.20. The van der Waals surface area contributed by atoms with Gasteiger partial charge in [-0.3, -0.25) is 24.8 Å². The average Bonchev–Trinajstić information content (AvgIpc) is 2.70. The minimum atomic E-state index is -1.01. The Morgan fingerprint density at radius 3 is 2.62 bits per heavy atom. The van der Waals surface area contributed by atoms with Crippen molar-refractivity contribution < 1.29 is 18.4 Å². The van der Waals surface area contributed by atoms with Crippen LogP contribution in [0.15, 0.2) is 6.07 Å². The van der Waals surface area contributed by atoms with E-state index in [0.717, 1.165) is 26.2 Å². The third-order valence-electron chi connectivity index (χ3n) is 6.20. The molecule has 3 fully saturated rings. The van der Waals surface area contributed by atoms with Crippen LogP contribution in [-0.4, -0.2) is 73.2 Å². The summed E-state index contributed by atoms with van der Waals surface area (Å²) in [6.07, 6.45) is 0.0771. The molecule has 1 aromatic heterocycles. The minimum absolute atomic E-state index is 0.0590. The van der Waals surface area contributed by atoms with Crippen molar-refractivity contribution in [3.63, 3.8) is 0 Å². The predicted octanol–water partition coefficient (Wildman–Crippen LogP) is 0.871. The SMILES string of the molecule is Cc1nc(C2CCC(=O)NC2=O)c(F)cc1N1CC[C@H](N2CCNCC2)[C@H](F)C1. The lowest BCUT2D eigenvalue weighted by Crippen LogP contribution is -2.57. The van der Waals surface area contributed by atoms with Gasteiger partial charge in [-0.1, -0.05) is 0 Å². The van der Waals surface area contributed by atoms with E-state index in [0.29, 0.717) is 24.3 Å². The molecule has 7 nitrogen and oxygen atoms in total. The van der Waals surface area contributed by atoms with Gasteiger partial charge in [-0.2, -0.15) is 0 Å². The maximum atomic E-state index is 15.0. The van der Waals surface area contributed by atoms with E-state index in [1.807, 2.05) is 4.90 Å². The van der Waals surface area contributed by atoms with Crippen molar-refractivity contribution >= 4 is 17.5 Å². The van der Waals surface area contributed by atoms with Gasteiger partial charge in [0.05, 0.1) is 29.5 Å². The number of piperazine rings is 1. The van der Waals surface area contributed by atoms with Crippen LogP contribution in [0, 0.1) is 12.7 Å². The lowest BCUT2D eigenvalue weighted by atomic mass is 9.93. The lowest BCUT2D eigenvalue weighted by Gasteiger charge is -2.43. The number of hydrogen-bond acceptors (Lipinski definition) is 6. The highest BCUT2D eigenvalue weighted by atomic mass is 19.1. The molecule has 3 aliphatic rings. The molecule has 29 heavy (non-hydrogen) atoms. The number of halogens is 2. The summed E-state index contributed by atoms with van der Waals surface area (Å²) in [5.41, 5.74) is 1.20. The summed E-state index contributed by atoms with van der Waals surface area (Å²) >= 11 is 0. The normalized spacial score (nSPS) is 29.1. The fraction of sp³-hybridized carbons (Fsp3) is 0.650. The first-order chi connectivity index (χ1) is 13.9. The molecule has 158 valence electrons. The largest absolute Gasteiger partial charge is 0.367 e. The van der Waals surface area contributed by atoms with Gasteiger partial charge in [-0.25, -0.2) is 8.78 Å². The first-order valence-corrected chi connectivity index (χ1v) is 10.3. The fourth-order valence-electron chi connectivity index (χ4n) is 4.65. The highest BCUT2D eigenvalue weighted by Gasteiger charge is 2.36. The van der Waals surface area contributed by atoms with Crippen LogP contribution in [0.25, 0.3) is 0 Å². The van der Waals surface area contributed by atoms with Gasteiger partial charge < -0.3 is 10.2 Å². The van der Waals surface area contributed by atoms with Crippen LogP contribution >= 0.6 is 0 Å². The number of amides is 2. The molecule has 4 rings (SSSR count). The topological polar surface area (TPSA) is 77.6 Å². The number of alkyl halides is 1. The van der Waals surface area contributed by atoms with Gasteiger partial charge in [0.1, 0.15) is 12.0 Å². The van der Waals surface area contributed by atoms with E-state index < -0.39 is 23.8 Å². The van der Waals surface area contributed by atoms with Crippen molar-refractivity contribution in [1.29, 1.82) is 0 Å². The van der Waals surface area contributed by atoms with Crippen LogP contribution in [0.4, 0.5) is 14.5 Å². The van der Waals surface area contributed by atoms with Gasteiger partial charge in [0.25, 0.3) is 0 Å². The van der Waals surface area contributed by atoms with Crippen molar-refractivity contribution in [2.45, 2.75) is 44.3 Å². The second kappa shape index (κ2) is 8.31. The fourth-order valence-corrected chi connectivity index (χ4v) is 4.65. The molecule has 0 aromatic carbocycles. The van der Waals surface area contributed by atoms with E-state index in [9.17, 15) is 18.4 Å². The van der Waals surface area contributed by atoms with Gasteiger partial charge in [0, 0.05) is 51.3 Å². The predicted molar refractivity (Wildman–Crippen MR) is 104 cm³/mol. The second-order valence-electron chi connectivity index (χ2n) is 8.07. The summed E-state index contributed by atoms with van der Waals surface area (Å²) in [5.74, 6) is -2.21. The van der Waals surface area contributed by atoms with E-state index in [1.165, 1.54) is 6.07 Å². The number of nitrogens with one attached hydrogen (secondary N) is 2. The molecule has 0 aliphatic carbocycles. The van der Waals surface area contributed by atoms with Crippen molar-refractivity contribution in [2.24, 2.45) is 0 Å². The van der Waals surface area contributed by atoms with E-state index in [2.05, 4.69) is 20.5 Å². The zero-order valence-electron chi connectivity index (χ0n) is 16.6. The van der Waals surface area contributed by atoms with Gasteiger partial charge in [-0.15, -0.1) is 0 Å². The van der Waals surface area contributed by atoms with E-state index in [-0.39, 0.29) is 37.0 Å². The number of aromatic nitrogens is 1. The standard InChI is InChI=1S/C20H27F2N5O2/c1-12-17(10-14(21)19(24-12)13-2-3-18(28)25-20(13)29)27-7-4-16(15(22)11-27)26-8-5-23-6-9-26/h10,13,15-16,23H,2-9,11H2,1H3,(H,25,28,29)/t13?,15-,16+/m1/s1. The lowest BCUT2D eigenvalue weighted by molar-refractivity contribution is -0.134. The van der Waals surface area contributed by atoms with Gasteiger partial charge in [0.15, 0.2) is 0 Å². The summed E-state index contributed by atoms with van der Waals surface area (Å²) in [7, 11) is 0.